The van der Waals surface area contributed by atoms with Gasteiger partial charge in [0, 0.05) is 34.7 Å². The first-order valence-corrected chi connectivity index (χ1v) is 7.40. The van der Waals surface area contributed by atoms with Gasteiger partial charge in [-0.25, -0.2) is 0 Å². The van der Waals surface area contributed by atoms with E-state index in [1.165, 1.54) is 0 Å². The molecule has 0 spiro atoms. The lowest BCUT2D eigenvalue weighted by Crippen LogP contribution is -2.15. The van der Waals surface area contributed by atoms with Crippen LogP contribution < -0.4 is 5.73 Å². The molecule has 0 saturated heterocycles. The summed E-state index contributed by atoms with van der Waals surface area (Å²) in [6, 6.07) is 7.72. The van der Waals surface area contributed by atoms with Crippen LogP contribution in [0.4, 0.5) is 0 Å². The molecule has 0 radical (unpaired) electrons. The highest BCUT2D eigenvalue weighted by atomic mass is 79.9. The molecule has 2 N–H and O–H groups in total. The van der Waals surface area contributed by atoms with Gasteiger partial charge < -0.3 is 5.73 Å². The molecule has 1 atom stereocenters. The Hall–Kier alpha value is -0.840. The normalized spacial score (nSPS) is 12.7. The number of nitrogens with zero attached hydrogens (tertiary/aromatic N) is 2. The summed E-state index contributed by atoms with van der Waals surface area (Å²) in [5.74, 6) is 0. The number of hydrogen-bond donors (Lipinski definition) is 1. The summed E-state index contributed by atoms with van der Waals surface area (Å²) >= 11 is 9.65. The van der Waals surface area contributed by atoms with E-state index in [2.05, 4.69) is 34.0 Å². The number of aromatic nitrogens is 2. The second-order valence-electron chi connectivity index (χ2n) is 4.58. The van der Waals surface area contributed by atoms with Crippen LogP contribution in [0.15, 0.2) is 28.7 Å². The number of rotatable bonds is 4. The van der Waals surface area contributed by atoms with Crippen LogP contribution in [0.2, 0.25) is 5.02 Å². The van der Waals surface area contributed by atoms with Crippen LogP contribution in [-0.2, 0) is 19.9 Å². The molecule has 0 saturated carbocycles. The van der Waals surface area contributed by atoms with Crippen molar-refractivity contribution < 1.29 is 0 Å². The third-order valence-electron chi connectivity index (χ3n) is 3.18. The van der Waals surface area contributed by atoms with E-state index < -0.39 is 0 Å². The molecule has 19 heavy (non-hydrogen) atoms. The van der Waals surface area contributed by atoms with Gasteiger partial charge in [0.2, 0.25) is 0 Å². The Balaban J connectivity index is 2.22. The first kappa shape index (κ1) is 14.6. The molecule has 1 unspecified atom stereocenters. The van der Waals surface area contributed by atoms with Crippen molar-refractivity contribution in [2.75, 3.05) is 0 Å². The molecule has 0 fully saturated rings. The monoisotopic (exact) mass is 341 g/mol. The molecule has 0 aliphatic heterocycles. The van der Waals surface area contributed by atoms with Gasteiger partial charge in [0.15, 0.2) is 0 Å². The first-order valence-electron chi connectivity index (χ1n) is 6.23. The topological polar surface area (TPSA) is 43.8 Å². The van der Waals surface area contributed by atoms with Gasteiger partial charge in [-0.05, 0) is 36.2 Å². The van der Waals surface area contributed by atoms with Crippen molar-refractivity contribution in [2.24, 2.45) is 12.8 Å². The van der Waals surface area contributed by atoms with Gasteiger partial charge in [-0.15, -0.1) is 0 Å². The SMILES string of the molecule is CCc1cc(CC(N)c2cc(Br)ccc2Cl)n(C)n1. The van der Waals surface area contributed by atoms with E-state index in [-0.39, 0.29) is 6.04 Å². The molecule has 1 aromatic carbocycles. The lowest BCUT2D eigenvalue weighted by atomic mass is 10.0. The van der Waals surface area contributed by atoms with Gasteiger partial charge in [0.1, 0.15) is 0 Å². The van der Waals surface area contributed by atoms with Gasteiger partial charge in [-0.2, -0.15) is 5.10 Å². The van der Waals surface area contributed by atoms with Crippen molar-refractivity contribution in [3.63, 3.8) is 0 Å². The summed E-state index contributed by atoms with van der Waals surface area (Å²) in [5.41, 5.74) is 9.44. The fourth-order valence-electron chi connectivity index (χ4n) is 2.07. The Labute approximate surface area is 126 Å². The van der Waals surface area contributed by atoms with E-state index in [0.29, 0.717) is 5.02 Å². The van der Waals surface area contributed by atoms with Crippen molar-refractivity contribution >= 4 is 27.5 Å². The van der Waals surface area contributed by atoms with E-state index >= 15 is 0 Å². The molecule has 3 nitrogen and oxygen atoms in total. The van der Waals surface area contributed by atoms with Crippen molar-refractivity contribution in [3.05, 3.63) is 50.7 Å². The highest BCUT2D eigenvalue weighted by Crippen LogP contribution is 2.27. The van der Waals surface area contributed by atoms with Crippen LogP contribution in [0, 0.1) is 0 Å². The van der Waals surface area contributed by atoms with Crippen molar-refractivity contribution in [3.8, 4) is 0 Å². The predicted octanol–water partition coefficient (Wildman–Crippen LogP) is 3.64. The van der Waals surface area contributed by atoms with E-state index in [9.17, 15) is 0 Å². The lowest BCUT2D eigenvalue weighted by molar-refractivity contribution is 0.638. The average Bonchev–Trinajstić information content (AvgIpc) is 2.73. The number of nitrogens with two attached hydrogens (primary N) is 1. The summed E-state index contributed by atoms with van der Waals surface area (Å²) < 4.78 is 2.88. The van der Waals surface area contributed by atoms with E-state index in [0.717, 1.165) is 34.3 Å². The van der Waals surface area contributed by atoms with Crippen LogP contribution in [0.25, 0.3) is 0 Å². The maximum absolute atomic E-state index is 6.27. The Kier molecular flexibility index (Phi) is 4.66. The van der Waals surface area contributed by atoms with Crippen molar-refractivity contribution in [2.45, 2.75) is 25.8 Å². The van der Waals surface area contributed by atoms with Crippen molar-refractivity contribution in [1.82, 2.24) is 9.78 Å². The largest absolute Gasteiger partial charge is 0.324 e. The van der Waals surface area contributed by atoms with E-state index in [1.54, 1.807) is 0 Å². The Morgan fingerprint density at radius 2 is 2.16 bits per heavy atom. The van der Waals surface area contributed by atoms with Crippen LogP contribution in [0.3, 0.4) is 0 Å². The number of hydrogen-bond acceptors (Lipinski definition) is 2. The molecule has 1 heterocycles. The molecule has 5 heteroatoms. The second kappa shape index (κ2) is 6.07. The average molecular weight is 343 g/mol. The number of benzene rings is 1. The van der Waals surface area contributed by atoms with Crippen LogP contribution in [0.5, 0.6) is 0 Å². The Morgan fingerprint density at radius 3 is 2.79 bits per heavy atom. The molecule has 0 bridgehead atoms. The molecular weight excluding hydrogens is 326 g/mol. The minimum Gasteiger partial charge on any atom is -0.324 e. The minimum atomic E-state index is -0.134. The summed E-state index contributed by atoms with van der Waals surface area (Å²) in [4.78, 5) is 0. The van der Waals surface area contributed by atoms with Gasteiger partial charge in [0.05, 0.1) is 5.69 Å². The quantitative estimate of drug-likeness (QED) is 0.922. The van der Waals surface area contributed by atoms with E-state index in [4.69, 9.17) is 17.3 Å². The van der Waals surface area contributed by atoms with Crippen LogP contribution in [-0.4, -0.2) is 9.78 Å². The summed E-state index contributed by atoms with van der Waals surface area (Å²) in [7, 11) is 1.95. The standard InChI is InChI=1S/C14H17BrClN3/c1-3-10-7-11(19(2)18-10)8-14(17)12-6-9(15)4-5-13(12)16/h4-7,14H,3,8,17H2,1-2H3. The molecule has 2 rings (SSSR count). The molecule has 2 aromatic rings. The molecule has 0 aliphatic rings. The highest BCUT2D eigenvalue weighted by molar-refractivity contribution is 9.10. The van der Waals surface area contributed by atoms with E-state index in [1.807, 2.05) is 29.9 Å². The summed E-state index contributed by atoms with van der Waals surface area (Å²) in [6.07, 6.45) is 1.65. The third kappa shape index (κ3) is 3.38. The minimum absolute atomic E-state index is 0.134. The molecular formula is C14H17BrClN3. The van der Waals surface area contributed by atoms with Gasteiger partial charge in [-0.1, -0.05) is 34.5 Å². The fraction of sp³-hybridized carbons (Fsp3) is 0.357. The zero-order valence-electron chi connectivity index (χ0n) is 11.0. The summed E-state index contributed by atoms with van der Waals surface area (Å²) in [5, 5.41) is 5.14. The molecule has 1 aromatic heterocycles. The zero-order valence-corrected chi connectivity index (χ0v) is 13.4. The fourth-order valence-corrected chi connectivity index (χ4v) is 2.71. The third-order valence-corrected chi connectivity index (χ3v) is 4.01. The van der Waals surface area contributed by atoms with Gasteiger partial charge >= 0.3 is 0 Å². The molecule has 0 amide bonds. The van der Waals surface area contributed by atoms with Crippen molar-refractivity contribution in [1.29, 1.82) is 0 Å². The number of aryl methyl sites for hydroxylation is 2. The second-order valence-corrected chi connectivity index (χ2v) is 5.90. The maximum Gasteiger partial charge on any atom is 0.0624 e. The zero-order chi connectivity index (χ0) is 14.0. The first-order chi connectivity index (χ1) is 9.01. The predicted molar refractivity (Wildman–Crippen MR) is 82.4 cm³/mol. The molecule has 0 aliphatic carbocycles. The van der Waals surface area contributed by atoms with Crippen LogP contribution >= 0.6 is 27.5 Å². The van der Waals surface area contributed by atoms with Crippen LogP contribution in [0.1, 0.15) is 29.9 Å². The Morgan fingerprint density at radius 1 is 1.42 bits per heavy atom. The van der Waals surface area contributed by atoms with Gasteiger partial charge in [-0.3, -0.25) is 4.68 Å². The van der Waals surface area contributed by atoms with Gasteiger partial charge in [0.25, 0.3) is 0 Å². The maximum atomic E-state index is 6.27. The number of halogens is 2. The Bertz CT molecular complexity index is 580. The highest BCUT2D eigenvalue weighted by Gasteiger charge is 2.14. The summed E-state index contributed by atoms with van der Waals surface area (Å²) in [6.45, 7) is 2.09. The smallest absolute Gasteiger partial charge is 0.0624 e. The molecule has 102 valence electrons. The lowest BCUT2D eigenvalue weighted by Gasteiger charge is -2.14.